The maximum atomic E-state index is 11.7. The molecule has 5 nitrogen and oxygen atoms in total. The summed E-state index contributed by atoms with van der Waals surface area (Å²) in [4.78, 5) is 22.8. The van der Waals surface area contributed by atoms with E-state index in [4.69, 9.17) is 5.11 Å². The van der Waals surface area contributed by atoms with Gasteiger partial charge < -0.3 is 15.7 Å². The summed E-state index contributed by atoms with van der Waals surface area (Å²) in [6.45, 7) is 6.46. The van der Waals surface area contributed by atoms with Crippen LogP contribution in [0.2, 0.25) is 0 Å². The molecule has 0 aliphatic heterocycles. The van der Waals surface area contributed by atoms with Crippen molar-refractivity contribution in [3.05, 3.63) is 29.3 Å². The largest absolute Gasteiger partial charge is 0.478 e. The number of urea groups is 1. The van der Waals surface area contributed by atoms with Crippen LogP contribution in [-0.2, 0) is 0 Å². The molecule has 1 aromatic rings. The number of hydrogen-bond donors (Lipinski definition) is 3. The number of benzene rings is 1. The van der Waals surface area contributed by atoms with Crippen molar-refractivity contribution in [2.24, 2.45) is 5.92 Å². The molecule has 5 heteroatoms. The predicted octanol–water partition coefficient (Wildman–Crippen LogP) is 2.86. The van der Waals surface area contributed by atoms with Gasteiger partial charge in [0, 0.05) is 6.54 Å². The zero-order valence-electron chi connectivity index (χ0n) is 11.5. The van der Waals surface area contributed by atoms with Gasteiger partial charge in [0.15, 0.2) is 0 Å². The molecule has 0 heterocycles. The Morgan fingerprint density at radius 2 is 2.05 bits per heavy atom. The Labute approximate surface area is 113 Å². The number of rotatable bonds is 5. The summed E-state index contributed by atoms with van der Waals surface area (Å²) in [6, 6.07) is 4.51. The molecule has 3 N–H and O–H groups in total. The van der Waals surface area contributed by atoms with Crippen molar-refractivity contribution in [2.75, 3.05) is 11.9 Å². The number of anilines is 1. The van der Waals surface area contributed by atoms with E-state index in [-0.39, 0.29) is 11.6 Å². The highest BCUT2D eigenvalue weighted by Gasteiger charge is 2.12. The summed E-state index contributed by atoms with van der Waals surface area (Å²) in [5, 5.41) is 14.4. The average Bonchev–Trinajstić information content (AvgIpc) is 2.37. The third-order valence-corrected chi connectivity index (χ3v) is 2.96. The van der Waals surface area contributed by atoms with Gasteiger partial charge in [0.25, 0.3) is 0 Å². The third kappa shape index (κ3) is 4.62. The Kier molecular flexibility index (Phi) is 5.36. The lowest BCUT2D eigenvalue weighted by Gasteiger charge is -2.13. The number of carbonyl (C=O) groups excluding carboxylic acids is 1. The standard InChI is InChI=1S/C14H20N2O3/c1-4-9(2)8-15-14(19)16-12-6-5-10(3)7-11(12)13(17)18/h5-7,9H,4,8H2,1-3H3,(H,17,18)(H2,15,16,19). The van der Waals surface area contributed by atoms with Crippen LogP contribution in [0.25, 0.3) is 0 Å². The van der Waals surface area contributed by atoms with E-state index in [2.05, 4.69) is 10.6 Å². The summed E-state index contributed by atoms with van der Waals surface area (Å²) in [5.74, 6) is -0.663. The number of aryl methyl sites for hydroxylation is 1. The molecule has 0 saturated carbocycles. The first-order valence-corrected chi connectivity index (χ1v) is 6.32. The number of hydrogen-bond acceptors (Lipinski definition) is 2. The lowest BCUT2D eigenvalue weighted by molar-refractivity contribution is 0.0698. The van der Waals surface area contributed by atoms with Gasteiger partial charge in [-0.15, -0.1) is 0 Å². The second kappa shape index (κ2) is 6.78. The van der Waals surface area contributed by atoms with Crippen molar-refractivity contribution in [1.82, 2.24) is 5.32 Å². The van der Waals surface area contributed by atoms with Crippen molar-refractivity contribution in [1.29, 1.82) is 0 Å². The highest BCUT2D eigenvalue weighted by atomic mass is 16.4. The Bertz CT molecular complexity index is 472. The molecular weight excluding hydrogens is 244 g/mol. The topological polar surface area (TPSA) is 78.4 Å². The molecule has 2 amide bonds. The molecule has 0 aromatic heterocycles. The van der Waals surface area contributed by atoms with Crippen molar-refractivity contribution in [3.8, 4) is 0 Å². The van der Waals surface area contributed by atoms with Crippen molar-refractivity contribution < 1.29 is 14.7 Å². The van der Waals surface area contributed by atoms with Crippen LogP contribution >= 0.6 is 0 Å². The quantitative estimate of drug-likeness (QED) is 0.765. The highest BCUT2D eigenvalue weighted by Crippen LogP contribution is 2.17. The molecule has 1 unspecified atom stereocenters. The minimum absolute atomic E-state index is 0.0960. The minimum atomic E-state index is -1.05. The van der Waals surface area contributed by atoms with Crippen LogP contribution in [0.5, 0.6) is 0 Å². The molecule has 0 aliphatic carbocycles. The van der Waals surface area contributed by atoms with Crippen LogP contribution in [0, 0.1) is 12.8 Å². The SMILES string of the molecule is CCC(C)CNC(=O)Nc1ccc(C)cc1C(=O)O. The van der Waals surface area contributed by atoms with Crippen LogP contribution in [0.1, 0.15) is 36.2 Å². The van der Waals surface area contributed by atoms with E-state index in [0.29, 0.717) is 18.2 Å². The van der Waals surface area contributed by atoms with Crippen LogP contribution in [0.15, 0.2) is 18.2 Å². The van der Waals surface area contributed by atoms with Crippen LogP contribution in [0.4, 0.5) is 10.5 Å². The third-order valence-electron chi connectivity index (χ3n) is 2.96. The number of carboxylic acids is 1. The summed E-state index contributed by atoms with van der Waals surface area (Å²) in [6.07, 6.45) is 0.977. The molecule has 1 aromatic carbocycles. The Balaban J connectivity index is 2.71. The predicted molar refractivity (Wildman–Crippen MR) is 74.6 cm³/mol. The second-order valence-corrected chi connectivity index (χ2v) is 4.70. The summed E-state index contributed by atoms with van der Waals surface area (Å²) < 4.78 is 0. The fourth-order valence-electron chi connectivity index (χ4n) is 1.52. The van der Waals surface area contributed by atoms with Crippen molar-refractivity contribution in [3.63, 3.8) is 0 Å². The van der Waals surface area contributed by atoms with Crippen molar-refractivity contribution in [2.45, 2.75) is 27.2 Å². The zero-order chi connectivity index (χ0) is 14.4. The van der Waals surface area contributed by atoms with Gasteiger partial charge in [-0.1, -0.05) is 31.9 Å². The molecule has 0 fully saturated rings. The summed E-state index contributed by atoms with van der Waals surface area (Å²) in [5.41, 5.74) is 1.24. The number of carbonyl (C=O) groups is 2. The first kappa shape index (κ1) is 15.0. The molecule has 0 aliphatic rings. The molecule has 104 valence electrons. The number of nitrogens with one attached hydrogen (secondary N) is 2. The average molecular weight is 264 g/mol. The number of carboxylic acid groups (broad SMARTS) is 1. The van der Waals surface area contributed by atoms with E-state index in [1.807, 2.05) is 13.8 Å². The minimum Gasteiger partial charge on any atom is -0.478 e. The summed E-state index contributed by atoms with van der Waals surface area (Å²) in [7, 11) is 0. The number of amides is 2. The molecular formula is C14H20N2O3. The lowest BCUT2D eigenvalue weighted by atomic mass is 10.1. The molecule has 0 radical (unpaired) electrons. The lowest BCUT2D eigenvalue weighted by Crippen LogP contribution is -2.32. The molecule has 1 rings (SSSR count). The summed E-state index contributed by atoms with van der Waals surface area (Å²) >= 11 is 0. The molecule has 0 saturated heterocycles. The van der Waals surface area contributed by atoms with E-state index >= 15 is 0 Å². The van der Waals surface area contributed by atoms with Gasteiger partial charge in [0.2, 0.25) is 0 Å². The van der Waals surface area contributed by atoms with E-state index in [1.54, 1.807) is 19.1 Å². The van der Waals surface area contributed by atoms with E-state index < -0.39 is 5.97 Å². The fourth-order valence-corrected chi connectivity index (χ4v) is 1.52. The smallest absolute Gasteiger partial charge is 0.337 e. The van der Waals surface area contributed by atoms with Crippen LogP contribution in [0.3, 0.4) is 0 Å². The monoisotopic (exact) mass is 264 g/mol. The Morgan fingerprint density at radius 3 is 2.63 bits per heavy atom. The Morgan fingerprint density at radius 1 is 1.37 bits per heavy atom. The van der Waals surface area contributed by atoms with E-state index in [9.17, 15) is 9.59 Å². The maximum Gasteiger partial charge on any atom is 0.337 e. The van der Waals surface area contributed by atoms with Crippen LogP contribution < -0.4 is 10.6 Å². The zero-order valence-corrected chi connectivity index (χ0v) is 11.5. The van der Waals surface area contributed by atoms with E-state index in [1.165, 1.54) is 6.07 Å². The molecule has 19 heavy (non-hydrogen) atoms. The second-order valence-electron chi connectivity index (χ2n) is 4.70. The van der Waals surface area contributed by atoms with Crippen LogP contribution in [-0.4, -0.2) is 23.7 Å². The highest BCUT2D eigenvalue weighted by molar-refractivity contribution is 6.00. The first-order valence-electron chi connectivity index (χ1n) is 6.32. The normalized spacial score (nSPS) is 11.7. The Hall–Kier alpha value is -2.04. The first-order chi connectivity index (χ1) is 8.93. The maximum absolute atomic E-state index is 11.7. The van der Waals surface area contributed by atoms with Crippen molar-refractivity contribution >= 4 is 17.7 Å². The molecule has 0 spiro atoms. The van der Waals surface area contributed by atoms with Gasteiger partial charge in [-0.3, -0.25) is 0 Å². The van der Waals surface area contributed by atoms with E-state index in [0.717, 1.165) is 12.0 Å². The fraction of sp³-hybridized carbons (Fsp3) is 0.429. The van der Waals surface area contributed by atoms with Gasteiger partial charge in [0.05, 0.1) is 11.3 Å². The van der Waals surface area contributed by atoms with Gasteiger partial charge >= 0.3 is 12.0 Å². The van der Waals surface area contributed by atoms with Gasteiger partial charge in [-0.05, 0) is 25.0 Å². The van der Waals surface area contributed by atoms with Gasteiger partial charge in [0.1, 0.15) is 0 Å². The molecule has 0 bridgehead atoms. The number of aromatic carboxylic acids is 1. The molecule has 1 atom stereocenters. The van der Waals surface area contributed by atoms with Gasteiger partial charge in [-0.2, -0.15) is 0 Å². The van der Waals surface area contributed by atoms with Gasteiger partial charge in [-0.25, -0.2) is 9.59 Å².